The molecule has 1 aromatic carbocycles. The smallest absolute Gasteiger partial charge is 0.161 e. The molecule has 2 rings (SSSR count). The summed E-state index contributed by atoms with van der Waals surface area (Å²) in [5.74, 6) is 0.688. The molecule has 0 bridgehead atoms. The van der Waals surface area contributed by atoms with E-state index in [0.717, 1.165) is 11.4 Å². The van der Waals surface area contributed by atoms with Gasteiger partial charge in [-0.25, -0.2) is 0 Å². The van der Waals surface area contributed by atoms with Gasteiger partial charge in [0.25, 0.3) is 0 Å². The lowest BCUT2D eigenvalue weighted by atomic mass is 10.2. The standard InChI is InChI=1S/C12H13N3O/c1-8-4-6-11(7-5-8)13-14-12-9(2)15-16-10(12)3/h4-7H,1-3H3. The van der Waals surface area contributed by atoms with Crippen LogP contribution in [0.3, 0.4) is 0 Å². The van der Waals surface area contributed by atoms with Crippen molar-refractivity contribution in [2.45, 2.75) is 20.8 Å². The predicted molar refractivity (Wildman–Crippen MR) is 61.3 cm³/mol. The molecule has 0 unspecified atom stereocenters. The molecule has 0 aliphatic heterocycles. The van der Waals surface area contributed by atoms with Crippen molar-refractivity contribution in [1.29, 1.82) is 0 Å². The first-order valence-corrected chi connectivity index (χ1v) is 5.08. The Hall–Kier alpha value is -1.97. The molecule has 0 aliphatic carbocycles. The largest absolute Gasteiger partial charge is 0.359 e. The minimum Gasteiger partial charge on any atom is -0.359 e. The van der Waals surface area contributed by atoms with Gasteiger partial charge in [-0.05, 0) is 32.9 Å². The minimum absolute atomic E-state index is 0.688. The Morgan fingerprint density at radius 3 is 2.25 bits per heavy atom. The van der Waals surface area contributed by atoms with Crippen LogP contribution in [0.25, 0.3) is 0 Å². The van der Waals surface area contributed by atoms with Gasteiger partial charge < -0.3 is 4.52 Å². The van der Waals surface area contributed by atoms with Crippen molar-refractivity contribution < 1.29 is 4.52 Å². The summed E-state index contributed by atoms with van der Waals surface area (Å²) in [5.41, 5.74) is 3.50. The number of hydrogen-bond acceptors (Lipinski definition) is 4. The molecular formula is C12H13N3O. The van der Waals surface area contributed by atoms with Gasteiger partial charge in [-0.3, -0.25) is 0 Å². The summed E-state index contributed by atoms with van der Waals surface area (Å²) in [6, 6.07) is 7.86. The third-order valence-electron chi connectivity index (χ3n) is 2.30. The summed E-state index contributed by atoms with van der Waals surface area (Å²) in [6.45, 7) is 5.71. The molecule has 2 aromatic rings. The Balaban J connectivity index is 2.24. The first-order valence-electron chi connectivity index (χ1n) is 5.08. The van der Waals surface area contributed by atoms with E-state index in [0.29, 0.717) is 11.4 Å². The molecule has 0 fully saturated rings. The molecule has 0 amide bonds. The second-order valence-electron chi connectivity index (χ2n) is 3.71. The Morgan fingerprint density at radius 1 is 1.00 bits per heavy atom. The summed E-state index contributed by atoms with van der Waals surface area (Å²) < 4.78 is 5.00. The Kier molecular flexibility index (Phi) is 2.81. The predicted octanol–water partition coefficient (Wildman–Crippen LogP) is 4.02. The zero-order valence-electron chi connectivity index (χ0n) is 9.56. The fraction of sp³-hybridized carbons (Fsp3) is 0.250. The highest BCUT2D eigenvalue weighted by molar-refractivity contribution is 5.45. The molecule has 1 heterocycles. The normalized spacial score (nSPS) is 11.2. The molecular weight excluding hydrogens is 202 g/mol. The van der Waals surface area contributed by atoms with E-state index in [1.807, 2.05) is 45.0 Å². The van der Waals surface area contributed by atoms with E-state index in [2.05, 4.69) is 15.4 Å². The van der Waals surface area contributed by atoms with Crippen molar-refractivity contribution in [1.82, 2.24) is 5.16 Å². The van der Waals surface area contributed by atoms with E-state index in [9.17, 15) is 0 Å². The van der Waals surface area contributed by atoms with E-state index in [4.69, 9.17) is 4.52 Å². The lowest BCUT2D eigenvalue weighted by molar-refractivity contribution is 0.393. The fourth-order valence-corrected chi connectivity index (χ4v) is 1.34. The number of hydrogen-bond donors (Lipinski definition) is 0. The van der Waals surface area contributed by atoms with Crippen LogP contribution in [0.1, 0.15) is 17.0 Å². The van der Waals surface area contributed by atoms with Gasteiger partial charge in [0.1, 0.15) is 5.69 Å². The first kappa shape index (κ1) is 10.5. The summed E-state index contributed by atoms with van der Waals surface area (Å²) in [6.07, 6.45) is 0. The van der Waals surface area contributed by atoms with Crippen LogP contribution >= 0.6 is 0 Å². The van der Waals surface area contributed by atoms with Crippen LogP contribution < -0.4 is 0 Å². The second-order valence-corrected chi connectivity index (χ2v) is 3.71. The van der Waals surface area contributed by atoms with Gasteiger partial charge in [0.05, 0.1) is 5.69 Å². The van der Waals surface area contributed by atoms with Crippen LogP contribution in [-0.2, 0) is 0 Å². The van der Waals surface area contributed by atoms with Crippen LogP contribution in [0.5, 0.6) is 0 Å². The molecule has 4 heteroatoms. The minimum atomic E-state index is 0.688. The SMILES string of the molecule is Cc1ccc(N=Nc2c(C)noc2C)cc1. The third-order valence-corrected chi connectivity index (χ3v) is 2.30. The van der Waals surface area contributed by atoms with Crippen molar-refractivity contribution in [3.05, 3.63) is 41.3 Å². The number of aromatic nitrogens is 1. The second kappa shape index (κ2) is 4.26. The molecule has 4 nitrogen and oxygen atoms in total. The molecule has 0 radical (unpaired) electrons. The zero-order valence-corrected chi connectivity index (χ0v) is 9.56. The topological polar surface area (TPSA) is 50.8 Å². The van der Waals surface area contributed by atoms with E-state index in [1.54, 1.807) is 0 Å². The fourth-order valence-electron chi connectivity index (χ4n) is 1.34. The maximum atomic E-state index is 5.00. The van der Waals surface area contributed by atoms with E-state index >= 15 is 0 Å². The number of azo groups is 1. The van der Waals surface area contributed by atoms with Crippen molar-refractivity contribution >= 4 is 11.4 Å². The van der Waals surface area contributed by atoms with Gasteiger partial charge in [0, 0.05) is 0 Å². The summed E-state index contributed by atoms with van der Waals surface area (Å²) >= 11 is 0. The lowest BCUT2D eigenvalue weighted by Crippen LogP contribution is -1.70. The number of aryl methyl sites for hydroxylation is 3. The Labute approximate surface area is 94.0 Å². The zero-order chi connectivity index (χ0) is 11.5. The van der Waals surface area contributed by atoms with Crippen LogP contribution in [0.15, 0.2) is 39.0 Å². The lowest BCUT2D eigenvalue weighted by Gasteiger charge is -1.93. The first-order chi connectivity index (χ1) is 7.66. The molecule has 1 aromatic heterocycles. The Morgan fingerprint density at radius 2 is 1.69 bits per heavy atom. The van der Waals surface area contributed by atoms with E-state index in [-0.39, 0.29) is 0 Å². The van der Waals surface area contributed by atoms with Gasteiger partial charge in [-0.2, -0.15) is 5.11 Å². The molecule has 0 aliphatic rings. The summed E-state index contributed by atoms with van der Waals surface area (Å²) in [5, 5.41) is 12.1. The van der Waals surface area contributed by atoms with Crippen molar-refractivity contribution in [3.63, 3.8) is 0 Å². The maximum Gasteiger partial charge on any atom is 0.161 e. The van der Waals surface area contributed by atoms with Gasteiger partial charge in [0.2, 0.25) is 0 Å². The van der Waals surface area contributed by atoms with Crippen molar-refractivity contribution in [2.75, 3.05) is 0 Å². The molecule has 0 saturated carbocycles. The number of benzene rings is 1. The van der Waals surface area contributed by atoms with Crippen molar-refractivity contribution in [3.8, 4) is 0 Å². The van der Waals surface area contributed by atoms with E-state index < -0.39 is 0 Å². The van der Waals surface area contributed by atoms with Gasteiger partial charge >= 0.3 is 0 Å². The molecule has 82 valence electrons. The highest BCUT2D eigenvalue weighted by atomic mass is 16.5. The van der Waals surface area contributed by atoms with Crippen LogP contribution in [0.4, 0.5) is 11.4 Å². The number of rotatable bonds is 2. The van der Waals surface area contributed by atoms with Crippen molar-refractivity contribution in [2.24, 2.45) is 10.2 Å². The number of nitrogens with zero attached hydrogens (tertiary/aromatic N) is 3. The van der Waals surface area contributed by atoms with Gasteiger partial charge in [-0.1, -0.05) is 22.9 Å². The van der Waals surface area contributed by atoms with E-state index in [1.165, 1.54) is 5.56 Å². The highest BCUT2D eigenvalue weighted by Crippen LogP contribution is 2.25. The van der Waals surface area contributed by atoms with Gasteiger partial charge in [-0.15, -0.1) is 5.11 Å². The molecule has 0 atom stereocenters. The average molecular weight is 215 g/mol. The van der Waals surface area contributed by atoms with Crippen LogP contribution in [0, 0.1) is 20.8 Å². The molecule has 0 spiro atoms. The quantitative estimate of drug-likeness (QED) is 0.710. The average Bonchev–Trinajstić information content (AvgIpc) is 2.59. The van der Waals surface area contributed by atoms with Crippen LogP contribution in [0.2, 0.25) is 0 Å². The van der Waals surface area contributed by atoms with Gasteiger partial charge in [0.15, 0.2) is 11.4 Å². The maximum absolute atomic E-state index is 5.00. The molecule has 16 heavy (non-hydrogen) atoms. The highest BCUT2D eigenvalue weighted by Gasteiger charge is 2.06. The monoisotopic (exact) mass is 215 g/mol. The summed E-state index contributed by atoms with van der Waals surface area (Å²) in [7, 11) is 0. The third kappa shape index (κ3) is 2.16. The van der Waals surface area contributed by atoms with Crippen LogP contribution in [-0.4, -0.2) is 5.16 Å². The Bertz CT molecular complexity index is 492. The summed E-state index contributed by atoms with van der Waals surface area (Å²) in [4.78, 5) is 0. The molecule has 0 saturated heterocycles. The molecule has 0 N–H and O–H groups in total.